The first-order valence-corrected chi connectivity index (χ1v) is 15.3. The number of methoxy groups -OCH3 is 2. The largest absolute Gasteiger partial charge is 0.493 e. The molecule has 2 aliphatic carbocycles. The summed E-state index contributed by atoms with van der Waals surface area (Å²) in [7, 11) is 3.39. The van der Waals surface area contributed by atoms with E-state index in [-0.39, 0.29) is 24.2 Å². The monoisotopic (exact) mass is 572 g/mol. The molecule has 1 atom stereocenters. The third kappa shape index (κ3) is 7.97. The molecule has 3 aromatic carbocycles. The number of amides is 1. The Balaban J connectivity index is 1.39. The van der Waals surface area contributed by atoms with Crippen LogP contribution in [0.25, 0.3) is 0 Å². The standard InChI is InChI=1S/C35H44N2O5/c1-24(38)37-28-16-12-25(13-17-28)23-36-31(27-15-19-33(40-3)35(22-27)42-30-10-6-7-11-30)20-26-14-18-32(39-2)34(21-26)41-29-8-4-5-9-29/h12-19,21-22,29-31,36H,4-11,20,23H2,1-3H3,(H,37,38). The molecule has 224 valence electrons. The number of ether oxygens (including phenoxy) is 4. The third-order valence-electron chi connectivity index (χ3n) is 8.28. The summed E-state index contributed by atoms with van der Waals surface area (Å²) < 4.78 is 24.2. The Bertz CT molecular complexity index is 1310. The minimum absolute atomic E-state index is 0.00424. The molecule has 0 bridgehead atoms. The van der Waals surface area contributed by atoms with Gasteiger partial charge in [0.15, 0.2) is 23.0 Å². The van der Waals surface area contributed by atoms with E-state index in [0.29, 0.717) is 6.54 Å². The highest BCUT2D eigenvalue weighted by Crippen LogP contribution is 2.37. The normalized spacial score (nSPS) is 16.3. The summed E-state index contributed by atoms with van der Waals surface area (Å²) in [5, 5.41) is 6.62. The van der Waals surface area contributed by atoms with Crippen LogP contribution in [0, 0.1) is 0 Å². The van der Waals surface area contributed by atoms with Gasteiger partial charge in [0.25, 0.3) is 0 Å². The van der Waals surface area contributed by atoms with Crippen LogP contribution in [0.4, 0.5) is 5.69 Å². The van der Waals surface area contributed by atoms with E-state index in [9.17, 15) is 4.79 Å². The first kappa shape index (κ1) is 29.8. The maximum atomic E-state index is 11.4. The van der Waals surface area contributed by atoms with Gasteiger partial charge in [0.1, 0.15) is 0 Å². The number of benzene rings is 3. The van der Waals surface area contributed by atoms with Gasteiger partial charge >= 0.3 is 0 Å². The van der Waals surface area contributed by atoms with Gasteiger partial charge in [-0.15, -0.1) is 0 Å². The maximum Gasteiger partial charge on any atom is 0.221 e. The van der Waals surface area contributed by atoms with Crippen molar-refractivity contribution < 1.29 is 23.7 Å². The Morgan fingerprint density at radius 2 is 1.29 bits per heavy atom. The smallest absolute Gasteiger partial charge is 0.221 e. The quantitative estimate of drug-likeness (QED) is 0.223. The van der Waals surface area contributed by atoms with Crippen molar-refractivity contribution in [1.82, 2.24) is 5.32 Å². The third-order valence-corrected chi connectivity index (χ3v) is 8.28. The first-order valence-electron chi connectivity index (χ1n) is 15.3. The lowest BCUT2D eigenvalue weighted by molar-refractivity contribution is -0.114. The van der Waals surface area contributed by atoms with Gasteiger partial charge in [0.05, 0.1) is 26.4 Å². The van der Waals surface area contributed by atoms with E-state index in [1.165, 1.54) is 32.6 Å². The molecule has 0 heterocycles. The summed E-state index contributed by atoms with van der Waals surface area (Å²) in [5.41, 5.74) is 4.22. The fraction of sp³-hybridized carbons (Fsp3) is 0.457. The fourth-order valence-electron chi connectivity index (χ4n) is 6.01. The van der Waals surface area contributed by atoms with Gasteiger partial charge < -0.3 is 29.6 Å². The minimum Gasteiger partial charge on any atom is -0.493 e. The van der Waals surface area contributed by atoms with Crippen molar-refractivity contribution in [3.8, 4) is 23.0 Å². The Morgan fingerprint density at radius 1 is 0.738 bits per heavy atom. The lowest BCUT2D eigenvalue weighted by Crippen LogP contribution is -2.23. The molecule has 2 aliphatic rings. The fourth-order valence-corrected chi connectivity index (χ4v) is 6.01. The second-order valence-corrected chi connectivity index (χ2v) is 11.5. The number of nitrogens with one attached hydrogen (secondary N) is 2. The molecule has 0 aliphatic heterocycles. The van der Waals surface area contributed by atoms with Crippen LogP contribution in [0.3, 0.4) is 0 Å². The van der Waals surface area contributed by atoms with Crippen molar-refractivity contribution in [3.63, 3.8) is 0 Å². The van der Waals surface area contributed by atoms with Gasteiger partial charge in [-0.2, -0.15) is 0 Å². The molecule has 2 N–H and O–H groups in total. The Kier molecular flexibility index (Phi) is 10.2. The van der Waals surface area contributed by atoms with Crippen LogP contribution in [0.2, 0.25) is 0 Å². The second-order valence-electron chi connectivity index (χ2n) is 11.5. The topological polar surface area (TPSA) is 78.1 Å². The van der Waals surface area contributed by atoms with E-state index in [2.05, 4.69) is 34.9 Å². The van der Waals surface area contributed by atoms with E-state index >= 15 is 0 Å². The molecule has 1 unspecified atom stereocenters. The van der Waals surface area contributed by atoms with Crippen molar-refractivity contribution in [2.75, 3.05) is 19.5 Å². The highest BCUT2D eigenvalue weighted by Gasteiger charge is 2.22. The molecule has 2 fully saturated rings. The van der Waals surface area contributed by atoms with E-state index in [0.717, 1.165) is 77.5 Å². The van der Waals surface area contributed by atoms with Crippen molar-refractivity contribution in [3.05, 3.63) is 77.4 Å². The SMILES string of the molecule is COc1ccc(CC(NCc2ccc(NC(C)=O)cc2)c2ccc(OC)c(OC3CCCC3)c2)cc1OC1CCCC1. The van der Waals surface area contributed by atoms with Crippen molar-refractivity contribution in [2.24, 2.45) is 0 Å². The molecule has 2 saturated carbocycles. The van der Waals surface area contributed by atoms with Gasteiger partial charge in [0, 0.05) is 25.2 Å². The average Bonchev–Trinajstić information content (AvgIpc) is 3.71. The van der Waals surface area contributed by atoms with Crippen molar-refractivity contribution in [1.29, 1.82) is 0 Å². The number of hydrogen-bond acceptors (Lipinski definition) is 6. The van der Waals surface area contributed by atoms with Gasteiger partial charge in [-0.25, -0.2) is 0 Å². The summed E-state index contributed by atoms with van der Waals surface area (Å²) in [4.78, 5) is 11.4. The maximum absolute atomic E-state index is 11.4. The van der Waals surface area contributed by atoms with E-state index < -0.39 is 0 Å². The van der Waals surface area contributed by atoms with Crippen LogP contribution in [0.5, 0.6) is 23.0 Å². The first-order chi connectivity index (χ1) is 20.5. The van der Waals surface area contributed by atoms with Gasteiger partial charge in [-0.05, 0) is 111 Å². The summed E-state index contributed by atoms with van der Waals surface area (Å²) in [6.07, 6.45) is 10.4. The zero-order valence-electron chi connectivity index (χ0n) is 25.1. The molecule has 42 heavy (non-hydrogen) atoms. The number of carbonyl (C=O) groups is 1. The number of rotatable bonds is 13. The molecule has 3 aromatic rings. The van der Waals surface area contributed by atoms with E-state index in [1.807, 2.05) is 36.4 Å². The Morgan fingerprint density at radius 3 is 1.86 bits per heavy atom. The van der Waals surface area contributed by atoms with Crippen LogP contribution < -0.4 is 29.6 Å². The summed E-state index contributed by atoms with van der Waals surface area (Å²) >= 11 is 0. The van der Waals surface area contributed by atoms with Crippen LogP contribution in [0.1, 0.15) is 81.0 Å². The van der Waals surface area contributed by atoms with Crippen LogP contribution in [0.15, 0.2) is 60.7 Å². The molecule has 0 radical (unpaired) electrons. The zero-order chi connectivity index (χ0) is 29.3. The predicted molar refractivity (Wildman–Crippen MR) is 166 cm³/mol. The van der Waals surface area contributed by atoms with E-state index in [1.54, 1.807) is 14.2 Å². The second kappa shape index (κ2) is 14.5. The Hall–Kier alpha value is -3.71. The van der Waals surface area contributed by atoms with Gasteiger partial charge in [0.2, 0.25) is 5.91 Å². The van der Waals surface area contributed by atoms with Crippen LogP contribution in [-0.2, 0) is 17.8 Å². The predicted octanol–water partition coefficient (Wildman–Crippen LogP) is 7.38. The van der Waals surface area contributed by atoms with Gasteiger partial charge in [-0.3, -0.25) is 4.79 Å². The summed E-state index contributed by atoms with van der Waals surface area (Å²) in [5.74, 6) is 3.06. The van der Waals surface area contributed by atoms with Crippen molar-refractivity contribution >= 4 is 11.6 Å². The Labute approximate surface area is 249 Å². The number of hydrogen-bond donors (Lipinski definition) is 2. The lowest BCUT2D eigenvalue weighted by Gasteiger charge is -2.23. The zero-order valence-corrected chi connectivity index (χ0v) is 25.1. The molecule has 0 spiro atoms. The van der Waals surface area contributed by atoms with Crippen molar-refractivity contribution in [2.45, 2.75) is 89.5 Å². The molecule has 7 nitrogen and oxygen atoms in total. The highest BCUT2D eigenvalue weighted by atomic mass is 16.5. The summed E-state index contributed by atoms with van der Waals surface area (Å²) in [6.45, 7) is 2.18. The minimum atomic E-state index is -0.0770. The average molecular weight is 573 g/mol. The van der Waals surface area contributed by atoms with Crippen LogP contribution >= 0.6 is 0 Å². The number of anilines is 1. The lowest BCUT2D eigenvalue weighted by atomic mass is 9.97. The van der Waals surface area contributed by atoms with E-state index in [4.69, 9.17) is 18.9 Å². The van der Waals surface area contributed by atoms with Gasteiger partial charge in [-0.1, -0.05) is 24.3 Å². The molecule has 1 amide bonds. The van der Waals surface area contributed by atoms with Crippen LogP contribution in [-0.4, -0.2) is 32.3 Å². The molecule has 0 saturated heterocycles. The highest BCUT2D eigenvalue weighted by molar-refractivity contribution is 5.88. The molecular formula is C35H44N2O5. The molecule has 7 heteroatoms. The molecular weight excluding hydrogens is 528 g/mol. The number of carbonyl (C=O) groups excluding carboxylic acids is 1. The molecule has 0 aromatic heterocycles. The molecule has 5 rings (SSSR count). The summed E-state index contributed by atoms with van der Waals surface area (Å²) in [6, 6.07) is 20.5.